The van der Waals surface area contributed by atoms with E-state index in [1.54, 1.807) is 26.0 Å². The summed E-state index contributed by atoms with van der Waals surface area (Å²) in [6.45, 7) is 7.42. The Morgan fingerprint density at radius 1 is 1.18 bits per heavy atom. The lowest BCUT2D eigenvalue weighted by Gasteiger charge is -2.25. The first-order valence-corrected chi connectivity index (χ1v) is 9.81. The Balaban J connectivity index is 1.91. The molecule has 2 amide bonds. The molecule has 1 heterocycles. The van der Waals surface area contributed by atoms with Crippen LogP contribution in [-0.4, -0.2) is 32.9 Å². The molecule has 0 saturated heterocycles. The number of carbonyl (C=O) groups excluding carboxylic acids is 2. The van der Waals surface area contributed by atoms with Crippen LogP contribution < -0.4 is 10.6 Å². The maximum absolute atomic E-state index is 12.6. The van der Waals surface area contributed by atoms with Gasteiger partial charge in [0.05, 0.1) is 11.4 Å². The van der Waals surface area contributed by atoms with Gasteiger partial charge in [-0.15, -0.1) is 0 Å². The van der Waals surface area contributed by atoms with Crippen molar-refractivity contribution in [2.45, 2.75) is 58.9 Å². The molecule has 7 nitrogen and oxygen atoms in total. The lowest BCUT2D eigenvalue weighted by Crippen LogP contribution is -2.36. The van der Waals surface area contributed by atoms with Crippen molar-refractivity contribution in [2.75, 3.05) is 5.32 Å². The molecule has 3 N–H and O–H groups in total. The Labute approximate surface area is 165 Å². The quantitative estimate of drug-likeness (QED) is 0.723. The Bertz CT molecular complexity index is 882. The molecular weight excluding hydrogens is 356 g/mol. The van der Waals surface area contributed by atoms with Crippen molar-refractivity contribution in [1.82, 2.24) is 15.1 Å². The Hall–Kier alpha value is -2.83. The lowest BCUT2D eigenvalue weighted by molar-refractivity contribution is -0.118. The number of aromatic nitrogens is 2. The number of amides is 2. The van der Waals surface area contributed by atoms with E-state index < -0.39 is 0 Å². The van der Waals surface area contributed by atoms with Crippen molar-refractivity contribution < 1.29 is 14.7 Å². The summed E-state index contributed by atoms with van der Waals surface area (Å²) < 4.78 is 1.42. The number of phenolic OH excluding ortho intramolecular Hbond substituents is 1. The molecule has 3 rings (SSSR count). The highest BCUT2D eigenvalue weighted by Crippen LogP contribution is 2.39. The summed E-state index contributed by atoms with van der Waals surface area (Å²) in [6, 6.07) is 6.57. The fourth-order valence-electron chi connectivity index (χ4n) is 3.11. The van der Waals surface area contributed by atoms with Gasteiger partial charge in [0.25, 0.3) is 0 Å². The first-order chi connectivity index (χ1) is 13.3. The van der Waals surface area contributed by atoms with E-state index in [1.165, 1.54) is 10.7 Å². The Morgan fingerprint density at radius 2 is 1.89 bits per heavy atom. The number of hydrogen-bond donors (Lipinski definition) is 3. The fourth-order valence-corrected chi connectivity index (χ4v) is 3.11. The standard InChI is InChI=1S/C21H28N4O3/c1-12(2)20(27)23-15-8-9-16(19(26)10-15)17-11-18(14-6-5-7-14)25(24-17)21(28)22-13(3)4/h8-14,26H,5-7H2,1-4H3,(H,22,28)(H,23,27). The molecule has 2 aromatic rings. The van der Waals surface area contributed by atoms with Crippen LogP contribution in [0.5, 0.6) is 5.75 Å². The SMILES string of the molecule is CC(C)NC(=O)n1nc(-c2ccc(NC(=O)C(C)C)cc2O)cc1C1CCC1. The number of rotatable bonds is 5. The minimum absolute atomic E-state index is 0.00615. The first-order valence-electron chi connectivity index (χ1n) is 9.81. The summed E-state index contributed by atoms with van der Waals surface area (Å²) in [5, 5.41) is 20.6. The maximum Gasteiger partial charge on any atom is 0.342 e. The average Bonchev–Trinajstić information content (AvgIpc) is 2.97. The zero-order chi connectivity index (χ0) is 20.4. The molecule has 0 atom stereocenters. The molecule has 150 valence electrons. The van der Waals surface area contributed by atoms with Gasteiger partial charge >= 0.3 is 6.03 Å². The molecule has 1 fully saturated rings. The molecular formula is C21H28N4O3. The van der Waals surface area contributed by atoms with Gasteiger partial charge in [-0.25, -0.2) is 4.79 Å². The predicted octanol–water partition coefficient (Wildman–Crippen LogP) is 4.08. The van der Waals surface area contributed by atoms with Gasteiger partial charge in [0.1, 0.15) is 5.75 Å². The van der Waals surface area contributed by atoms with Crippen LogP contribution in [0.1, 0.15) is 58.6 Å². The van der Waals surface area contributed by atoms with Crippen LogP contribution in [0.2, 0.25) is 0 Å². The molecule has 1 aromatic heterocycles. The van der Waals surface area contributed by atoms with E-state index in [0.29, 0.717) is 22.9 Å². The van der Waals surface area contributed by atoms with Crippen LogP contribution in [0, 0.1) is 5.92 Å². The number of carbonyl (C=O) groups is 2. The third-order valence-corrected chi connectivity index (χ3v) is 4.93. The molecule has 0 unspecified atom stereocenters. The van der Waals surface area contributed by atoms with Gasteiger partial charge in [0, 0.05) is 35.2 Å². The first kappa shape index (κ1) is 19.9. The van der Waals surface area contributed by atoms with Crippen LogP contribution in [-0.2, 0) is 4.79 Å². The van der Waals surface area contributed by atoms with Gasteiger partial charge < -0.3 is 15.7 Å². The molecule has 7 heteroatoms. The van der Waals surface area contributed by atoms with Crippen LogP contribution >= 0.6 is 0 Å². The van der Waals surface area contributed by atoms with Crippen molar-refractivity contribution in [3.05, 3.63) is 30.0 Å². The van der Waals surface area contributed by atoms with E-state index in [9.17, 15) is 14.7 Å². The summed E-state index contributed by atoms with van der Waals surface area (Å²) in [6.07, 6.45) is 3.21. The Kier molecular flexibility index (Phi) is 5.72. The van der Waals surface area contributed by atoms with Crippen molar-refractivity contribution in [3.8, 4) is 17.0 Å². The second-order valence-corrected chi connectivity index (χ2v) is 7.97. The van der Waals surface area contributed by atoms with Crippen molar-refractivity contribution in [1.29, 1.82) is 0 Å². The highest BCUT2D eigenvalue weighted by molar-refractivity contribution is 5.92. The van der Waals surface area contributed by atoms with Crippen molar-refractivity contribution in [2.24, 2.45) is 5.92 Å². The second-order valence-electron chi connectivity index (χ2n) is 7.97. The molecule has 0 aliphatic heterocycles. The van der Waals surface area contributed by atoms with Gasteiger partial charge in [0.2, 0.25) is 5.91 Å². The molecule has 28 heavy (non-hydrogen) atoms. The molecule has 1 saturated carbocycles. The minimum Gasteiger partial charge on any atom is -0.507 e. The topological polar surface area (TPSA) is 96.3 Å². The zero-order valence-corrected chi connectivity index (χ0v) is 16.8. The van der Waals surface area contributed by atoms with E-state index in [2.05, 4.69) is 15.7 Å². The van der Waals surface area contributed by atoms with Gasteiger partial charge in [0.15, 0.2) is 0 Å². The number of hydrogen-bond acceptors (Lipinski definition) is 4. The summed E-state index contributed by atoms with van der Waals surface area (Å²) in [5.41, 5.74) is 2.46. The molecule has 0 bridgehead atoms. The molecule has 1 aliphatic rings. The second kappa shape index (κ2) is 8.04. The zero-order valence-electron chi connectivity index (χ0n) is 16.8. The molecule has 1 aromatic carbocycles. The van der Waals surface area contributed by atoms with Crippen molar-refractivity contribution in [3.63, 3.8) is 0 Å². The van der Waals surface area contributed by atoms with Crippen LogP contribution in [0.3, 0.4) is 0 Å². The van der Waals surface area contributed by atoms with E-state index in [1.807, 2.05) is 19.9 Å². The van der Waals surface area contributed by atoms with Crippen LogP contribution in [0.15, 0.2) is 24.3 Å². The highest BCUT2D eigenvalue weighted by Gasteiger charge is 2.27. The monoisotopic (exact) mass is 384 g/mol. The number of phenols is 1. The van der Waals surface area contributed by atoms with E-state index in [-0.39, 0.29) is 29.6 Å². The number of benzene rings is 1. The normalized spacial score (nSPS) is 14.2. The minimum atomic E-state index is -0.261. The maximum atomic E-state index is 12.6. The van der Waals surface area contributed by atoms with Gasteiger partial charge in [-0.05, 0) is 44.9 Å². The van der Waals surface area contributed by atoms with E-state index >= 15 is 0 Å². The third kappa shape index (κ3) is 4.18. The fraction of sp³-hybridized carbons (Fsp3) is 0.476. The van der Waals surface area contributed by atoms with E-state index in [4.69, 9.17) is 0 Å². The molecule has 0 spiro atoms. The predicted molar refractivity (Wildman–Crippen MR) is 108 cm³/mol. The van der Waals surface area contributed by atoms with Crippen LogP contribution in [0.4, 0.5) is 10.5 Å². The third-order valence-electron chi connectivity index (χ3n) is 4.93. The summed E-state index contributed by atoms with van der Waals surface area (Å²) in [5.74, 6) is 0.0534. The lowest BCUT2D eigenvalue weighted by atomic mass is 9.82. The number of nitrogens with one attached hydrogen (secondary N) is 2. The highest BCUT2D eigenvalue weighted by atomic mass is 16.3. The van der Waals surface area contributed by atoms with Gasteiger partial charge in [-0.3, -0.25) is 4.79 Å². The van der Waals surface area contributed by atoms with Crippen LogP contribution in [0.25, 0.3) is 11.3 Å². The summed E-state index contributed by atoms with van der Waals surface area (Å²) in [4.78, 5) is 24.4. The number of anilines is 1. The molecule has 0 radical (unpaired) electrons. The smallest absolute Gasteiger partial charge is 0.342 e. The molecule has 1 aliphatic carbocycles. The summed E-state index contributed by atoms with van der Waals surface area (Å²) >= 11 is 0. The number of aromatic hydroxyl groups is 1. The van der Waals surface area contributed by atoms with E-state index in [0.717, 1.165) is 25.0 Å². The van der Waals surface area contributed by atoms with Gasteiger partial charge in [-0.1, -0.05) is 20.3 Å². The number of nitrogens with zero attached hydrogens (tertiary/aromatic N) is 2. The summed E-state index contributed by atoms with van der Waals surface area (Å²) in [7, 11) is 0. The average molecular weight is 384 g/mol. The van der Waals surface area contributed by atoms with Crippen molar-refractivity contribution >= 4 is 17.6 Å². The largest absolute Gasteiger partial charge is 0.507 e. The van der Waals surface area contributed by atoms with Gasteiger partial charge in [-0.2, -0.15) is 9.78 Å². The Morgan fingerprint density at radius 3 is 2.43 bits per heavy atom.